The molecule has 0 radical (unpaired) electrons. The van der Waals surface area contributed by atoms with Gasteiger partial charge in [-0.2, -0.15) is 14.9 Å². The minimum Gasteiger partial charge on any atom is -0.496 e. The van der Waals surface area contributed by atoms with Gasteiger partial charge in [0, 0.05) is 11.6 Å². The average Bonchev–Trinajstić information content (AvgIpc) is 3.45. The van der Waals surface area contributed by atoms with Crippen molar-refractivity contribution in [2.75, 3.05) is 12.4 Å². The number of imidazole rings is 1. The normalized spacial score (nSPS) is 14.6. The van der Waals surface area contributed by atoms with E-state index in [2.05, 4.69) is 45.7 Å². The first-order valence-electron chi connectivity index (χ1n) is 9.62. The molecule has 6 nitrogen and oxygen atoms in total. The summed E-state index contributed by atoms with van der Waals surface area (Å²) in [7, 11) is 1.69. The Bertz CT molecular complexity index is 1210. The van der Waals surface area contributed by atoms with Crippen molar-refractivity contribution < 1.29 is 4.74 Å². The number of fused-ring (bicyclic) bond motifs is 2. The molecule has 0 saturated heterocycles. The monoisotopic (exact) mass is 371 g/mol. The maximum absolute atomic E-state index is 9.45. The second kappa shape index (κ2) is 6.61. The molecule has 28 heavy (non-hydrogen) atoms. The molecular weight excluding hydrogens is 350 g/mol. The molecule has 2 N–H and O–H groups in total. The SMILES string of the molecule is COc1cc2ccccc2cc1-c1[nH]c2c(C#N)cnn2c1NC1CCCC1. The van der Waals surface area contributed by atoms with E-state index < -0.39 is 0 Å². The number of aromatic amines is 1. The molecule has 0 bridgehead atoms. The van der Waals surface area contributed by atoms with Crippen LogP contribution in [0.25, 0.3) is 27.7 Å². The Morgan fingerprint density at radius 1 is 1.21 bits per heavy atom. The number of ether oxygens (including phenoxy) is 1. The highest BCUT2D eigenvalue weighted by atomic mass is 16.5. The molecule has 4 aromatic rings. The van der Waals surface area contributed by atoms with Gasteiger partial charge in [-0.15, -0.1) is 0 Å². The number of benzene rings is 2. The van der Waals surface area contributed by atoms with Crippen LogP contribution in [0.1, 0.15) is 31.2 Å². The minimum absolute atomic E-state index is 0.416. The molecule has 1 fully saturated rings. The largest absolute Gasteiger partial charge is 0.496 e. The Kier molecular flexibility index (Phi) is 3.94. The molecule has 2 aromatic heterocycles. The third kappa shape index (κ3) is 2.59. The third-order valence-electron chi connectivity index (χ3n) is 5.61. The maximum Gasteiger partial charge on any atom is 0.154 e. The molecule has 5 rings (SSSR count). The quantitative estimate of drug-likeness (QED) is 0.544. The fourth-order valence-corrected chi connectivity index (χ4v) is 4.18. The summed E-state index contributed by atoms with van der Waals surface area (Å²) in [5, 5.41) is 19.8. The van der Waals surface area contributed by atoms with Crippen LogP contribution in [0.2, 0.25) is 0 Å². The summed E-state index contributed by atoms with van der Waals surface area (Å²) >= 11 is 0. The first-order chi connectivity index (χ1) is 13.8. The van der Waals surface area contributed by atoms with Gasteiger partial charge in [-0.1, -0.05) is 37.1 Å². The summed E-state index contributed by atoms with van der Waals surface area (Å²) < 4.78 is 7.53. The van der Waals surface area contributed by atoms with Crippen molar-refractivity contribution in [3.63, 3.8) is 0 Å². The Labute approximate surface area is 162 Å². The van der Waals surface area contributed by atoms with E-state index in [0.717, 1.165) is 46.4 Å². The Balaban J connectivity index is 1.74. The minimum atomic E-state index is 0.416. The van der Waals surface area contributed by atoms with Gasteiger partial charge in [-0.3, -0.25) is 0 Å². The predicted octanol–water partition coefficient (Wildman–Crippen LogP) is 4.72. The summed E-state index contributed by atoms with van der Waals surface area (Å²) in [5.74, 6) is 1.67. The molecule has 2 heterocycles. The van der Waals surface area contributed by atoms with Crippen LogP contribution in [0, 0.1) is 11.3 Å². The van der Waals surface area contributed by atoms with Crippen molar-refractivity contribution in [3.8, 4) is 23.1 Å². The summed E-state index contributed by atoms with van der Waals surface area (Å²) in [6, 6.07) is 15.1. The fraction of sp³-hybridized carbons (Fsp3) is 0.273. The van der Waals surface area contributed by atoms with E-state index in [1.807, 2.05) is 12.1 Å². The molecule has 0 atom stereocenters. The lowest BCUT2D eigenvalue weighted by atomic mass is 10.0. The van der Waals surface area contributed by atoms with Gasteiger partial charge in [0.2, 0.25) is 0 Å². The van der Waals surface area contributed by atoms with Crippen LogP contribution in [-0.2, 0) is 0 Å². The van der Waals surface area contributed by atoms with Gasteiger partial charge in [-0.05, 0) is 35.7 Å². The summed E-state index contributed by atoms with van der Waals surface area (Å²) in [6.45, 7) is 0. The van der Waals surface area contributed by atoms with Crippen LogP contribution < -0.4 is 10.1 Å². The second-order valence-corrected chi connectivity index (χ2v) is 7.30. The van der Waals surface area contributed by atoms with Crippen molar-refractivity contribution in [1.82, 2.24) is 14.6 Å². The van der Waals surface area contributed by atoms with E-state index in [0.29, 0.717) is 17.3 Å². The van der Waals surface area contributed by atoms with E-state index in [-0.39, 0.29) is 0 Å². The van der Waals surface area contributed by atoms with Gasteiger partial charge >= 0.3 is 0 Å². The van der Waals surface area contributed by atoms with Crippen molar-refractivity contribution in [2.24, 2.45) is 0 Å². The first kappa shape index (κ1) is 16.7. The van der Waals surface area contributed by atoms with Crippen LogP contribution in [0.4, 0.5) is 5.82 Å². The lowest BCUT2D eigenvalue weighted by Gasteiger charge is -2.16. The van der Waals surface area contributed by atoms with Crippen LogP contribution in [0.3, 0.4) is 0 Å². The smallest absolute Gasteiger partial charge is 0.154 e. The van der Waals surface area contributed by atoms with Gasteiger partial charge < -0.3 is 15.0 Å². The van der Waals surface area contributed by atoms with Crippen LogP contribution in [0.5, 0.6) is 5.75 Å². The number of nitrogens with zero attached hydrogens (tertiary/aromatic N) is 3. The number of rotatable bonds is 4. The van der Waals surface area contributed by atoms with Gasteiger partial charge in [0.05, 0.1) is 19.0 Å². The lowest BCUT2D eigenvalue weighted by Crippen LogP contribution is -2.16. The van der Waals surface area contributed by atoms with Gasteiger partial charge in [0.15, 0.2) is 11.5 Å². The van der Waals surface area contributed by atoms with Gasteiger partial charge in [0.25, 0.3) is 0 Å². The van der Waals surface area contributed by atoms with E-state index >= 15 is 0 Å². The van der Waals surface area contributed by atoms with Crippen molar-refractivity contribution >= 4 is 22.2 Å². The summed E-state index contributed by atoms with van der Waals surface area (Å²) in [5.41, 5.74) is 3.08. The van der Waals surface area contributed by atoms with Gasteiger partial charge in [0.1, 0.15) is 17.4 Å². The highest BCUT2D eigenvalue weighted by Gasteiger charge is 2.24. The fourth-order valence-electron chi connectivity index (χ4n) is 4.18. The van der Waals surface area contributed by atoms with Crippen molar-refractivity contribution in [3.05, 3.63) is 48.2 Å². The van der Waals surface area contributed by atoms with Crippen LogP contribution >= 0.6 is 0 Å². The molecule has 140 valence electrons. The molecule has 6 heteroatoms. The number of aromatic nitrogens is 3. The van der Waals surface area contributed by atoms with Crippen molar-refractivity contribution in [1.29, 1.82) is 5.26 Å². The van der Waals surface area contributed by atoms with Crippen molar-refractivity contribution in [2.45, 2.75) is 31.7 Å². The average molecular weight is 371 g/mol. The number of hydrogen-bond donors (Lipinski definition) is 2. The molecule has 1 saturated carbocycles. The lowest BCUT2D eigenvalue weighted by molar-refractivity contribution is 0.417. The summed E-state index contributed by atoms with van der Waals surface area (Å²) in [6.07, 6.45) is 6.37. The highest BCUT2D eigenvalue weighted by molar-refractivity contribution is 5.93. The number of nitriles is 1. The molecule has 0 unspecified atom stereocenters. The van der Waals surface area contributed by atoms with Gasteiger partial charge in [-0.25, -0.2) is 0 Å². The number of nitrogens with one attached hydrogen (secondary N) is 2. The van der Waals surface area contributed by atoms with E-state index in [9.17, 15) is 5.26 Å². The molecule has 0 aliphatic heterocycles. The number of methoxy groups -OCH3 is 1. The zero-order valence-corrected chi connectivity index (χ0v) is 15.7. The number of hydrogen-bond acceptors (Lipinski definition) is 4. The molecule has 0 spiro atoms. The maximum atomic E-state index is 9.45. The number of anilines is 1. The zero-order chi connectivity index (χ0) is 19.1. The molecule has 1 aliphatic carbocycles. The predicted molar refractivity (Wildman–Crippen MR) is 110 cm³/mol. The Morgan fingerprint density at radius 2 is 1.96 bits per heavy atom. The first-order valence-corrected chi connectivity index (χ1v) is 9.62. The topological polar surface area (TPSA) is 78.1 Å². The van der Waals surface area contributed by atoms with Crippen LogP contribution in [0.15, 0.2) is 42.6 Å². The standard InChI is InChI=1S/C22H21N5O/c1-28-19-11-15-7-3-2-6-14(15)10-18(19)20-22(25-17-8-4-5-9-17)27-21(26-20)16(12-23)13-24-27/h2-3,6-7,10-11,13,17,25-26H,4-5,8-9H2,1H3. The van der Waals surface area contributed by atoms with E-state index in [1.54, 1.807) is 17.8 Å². The molecule has 0 amide bonds. The summed E-state index contributed by atoms with van der Waals surface area (Å²) in [4.78, 5) is 3.43. The zero-order valence-electron chi connectivity index (χ0n) is 15.7. The highest BCUT2D eigenvalue weighted by Crippen LogP contribution is 2.39. The number of H-pyrrole nitrogens is 1. The Hall–Kier alpha value is -3.46. The second-order valence-electron chi connectivity index (χ2n) is 7.30. The van der Waals surface area contributed by atoms with E-state index in [1.165, 1.54) is 12.8 Å². The molecule has 1 aliphatic rings. The van der Waals surface area contributed by atoms with E-state index in [4.69, 9.17) is 4.74 Å². The third-order valence-corrected chi connectivity index (χ3v) is 5.61. The molecule has 2 aromatic carbocycles. The Morgan fingerprint density at radius 3 is 2.68 bits per heavy atom. The molecular formula is C22H21N5O. The van der Waals surface area contributed by atoms with Crippen LogP contribution in [-0.4, -0.2) is 27.7 Å².